The van der Waals surface area contributed by atoms with E-state index in [0.717, 1.165) is 0 Å². The number of methoxy groups -OCH3 is 1. The van der Waals surface area contributed by atoms with Crippen LogP contribution in [0.1, 0.15) is 88.5 Å². The minimum atomic E-state index is -2.17. The summed E-state index contributed by atoms with van der Waals surface area (Å²) in [5.41, 5.74) is 4.59. The largest absolute Gasteiger partial charge is 0.481 e. The van der Waals surface area contributed by atoms with Crippen LogP contribution < -0.4 is 36.6 Å². The molecule has 0 fully saturated rings. The van der Waals surface area contributed by atoms with Crippen LogP contribution in [0.25, 0.3) is 0 Å². The second-order valence-corrected chi connectivity index (χ2v) is 13.2. The van der Waals surface area contributed by atoms with E-state index in [1.807, 2.05) is 0 Å². The number of carbonyl (C=O) groups excluding carboxylic acids is 5. The fourth-order valence-corrected chi connectivity index (χ4v) is 3.99. The Morgan fingerprint density at radius 1 is 0.774 bits per heavy atom. The summed E-state index contributed by atoms with van der Waals surface area (Å²) >= 11 is 0. The SMILES string of the molecule is [2H]C([2H])(C#CC)Oc1ccc(C(=O)N[C@H](C(=O)NO)C(C)(C)N)cc1.[2H]C([2H])(C#CC)Oc1ccc(C(=O)N[C@H](C(=O)OC)C(C)(C)NC(=O)OC(C)(C)C)cc1. The van der Waals surface area contributed by atoms with Crippen LogP contribution in [0.15, 0.2) is 48.5 Å². The first kappa shape index (κ1) is 38.5. The van der Waals surface area contributed by atoms with Gasteiger partial charge in [-0.25, -0.2) is 15.1 Å². The quantitative estimate of drug-likeness (QED) is 0.0759. The number of carbonyl (C=O) groups is 5. The Labute approximate surface area is 316 Å². The van der Waals surface area contributed by atoms with Crippen LogP contribution >= 0.6 is 0 Å². The van der Waals surface area contributed by atoms with Crippen LogP contribution in [0.5, 0.6) is 11.5 Å². The van der Waals surface area contributed by atoms with E-state index >= 15 is 0 Å². The molecule has 2 rings (SSSR count). The van der Waals surface area contributed by atoms with Gasteiger partial charge in [0.25, 0.3) is 17.7 Å². The van der Waals surface area contributed by atoms with E-state index in [4.69, 9.17) is 35.4 Å². The van der Waals surface area contributed by atoms with Crippen molar-refractivity contribution in [2.24, 2.45) is 5.73 Å². The van der Waals surface area contributed by atoms with E-state index < -0.39 is 71.7 Å². The molecule has 2 aromatic carbocycles. The molecule has 0 spiro atoms. The van der Waals surface area contributed by atoms with Crippen molar-refractivity contribution in [3.8, 4) is 35.2 Å². The number of nitrogens with one attached hydrogen (secondary N) is 4. The lowest BCUT2D eigenvalue weighted by Crippen LogP contribution is -2.62. The molecule has 0 heterocycles. The summed E-state index contributed by atoms with van der Waals surface area (Å²) in [5.74, 6) is 6.98. The Balaban J connectivity index is 0.000000587. The normalized spacial score (nSPS) is 13.5. The van der Waals surface area contributed by atoms with E-state index in [1.54, 1.807) is 34.6 Å². The van der Waals surface area contributed by atoms with Gasteiger partial charge in [0.15, 0.2) is 0 Å². The molecule has 15 heteroatoms. The van der Waals surface area contributed by atoms with Gasteiger partial charge in [-0.15, -0.1) is 11.8 Å². The van der Waals surface area contributed by atoms with Crippen molar-refractivity contribution in [2.45, 2.75) is 91.1 Å². The monoisotopic (exact) mass is 741 g/mol. The summed E-state index contributed by atoms with van der Waals surface area (Å²) in [7, 11) is 1.17. The molecule has 4 amide bonds. The van der Waals surface area contributed by atoms with Gasteiger partial charge in [-0.05, 0) is 111 Å². The maximum Gasteiger partial charge on any atom is 0.408 e. The third-order valence-electron chi connectivity index (χ3n) is 6.57. The lowest BCUT2D eigenvalue weighted by molar-refractivity contribution is -0.144. The molecule has 15 nitrogen and oxygen atoms in total. The number of nitrogens with two attached hydrogens (primary N) is 1. The molecule has 0 radical (unpaired) electrons. The first-order valence-electron chi connectivity index (χ1n) is 18.0. The van der Waals surface area contributed by atoms with E-state index in [2.05, 4.69) is 39.6 Å². The lowest BCUT2D eigenvalue weighted by Gasteiger charge is -2.34. The van der Waals surface area contributed by atoms with Crippen molar-refractivity contribution in [1.82, 2.24) is 21.4 Å². The molecular weight excluding hydrogens is 686 g/mol. The molecule has 288 valence electrons. The van der Waals surface area contributed by atoms with Crippen LogP contribution in [-0.2, 0) is 19.1 Å². The van der Waals surface area contributed by atoms with Crippen molar-refractivity contribution in [3.05, 3.63) is 59.7 Å². The van der Waals surface area contributed by atoms with Crippen LogP contribution in [0.3, 0.4) is 0 Å². The molecule has 7 N–H and O–H groups in total. The summed E-state index contributed by atoms with van der Waals surface area (Å²) in [6.07, 6.45) is -0.753. The van der Waals surface area contributed by atoms with Gasteiger partial charge in [-0.1, -0.05) is 11.8 Å². The Morgan fingerprint density at radius 2 is 1.19 bits per heavy atom. The number of benzene rings is 2. The van der Waals surface area contributed by atoms with E-state index in [9.17, 15) is 24.0 Å². The zero-order valence-corrected chi connectivity index (χ0v) is 31.5. The number of hydrogen-bond acceptors (Lipinski definition) is 11. The Morgan fingerprint density at radius 3 is 1.53 bits per heavy atom. The number of rotatable bonds is 13. The molecule has 53 heavy (non-hydrogen) atoms. The first-order valence-corrected chi connectivity index (χ1v) is 16.0. The van der Waals surface area contributed by atoms with Gasteiger partial charge in [-0.3, -0.25) is 19.6 Å². The van der Waals surface area contributed by atoms with E-state index in [0.29, 0.717) is 0 Å². The summed E-state index contributed by atoms with van der Waals surface area (Å²) in [6, 6.07) is 8.84. The van der Waals surface area contributed by atoms with Crippen LogP contribution in [0, 0.1) is 23.7 Å². The van der Waals surface area contributed by atoms with Gasteiger partial charge >= 0.3 is 12.1 Å². The molecule has 0 aliphatic rings. The minimum absolute atomic E-state index is 0.172. The summed E-state index contributed by atoms with van der Waals surface area (Å²) in [6.45, 7) is 9.92. The van der Waals surface area contributed by atoms with Gasteiger partial charge in [0.2, 0.25) is 0 Å². The highest BCUT2D eigenvalue weighted by atomic mass is 16.6. The summed E-state index contributed by atoms with van der Waals surface area (Å²) in [5, 5.41) is 16.3. The number of alkyl carbamates (subject to hydrolysis) is 1. The first-order chi connectivity index (χ1) is 26.1. The third kappa shape index (κ3) is 16.4. The van der Waals surface area contributed by atoms with Gasteiger partial charge < -0.3 is 40.6 Å². The zero-order valence-electron chi connectivity index (χ0n) is 35.5. The Hall–Kier alpha value is -5.77. The number of hydroxylamine groups is 1. The van der Waals surface area contributed by atoms with Crippen molar-refractivity contribution < 1.29 is 53.6 Å². The smallest absolute Gasteiger partial charge is 0.408 e. The lowest BCUT2D eigenvalue weighted by atomic mass is 9.94. The average molecular weight is 742 g/mol. The molecule has 2 aromatic rings. The van der Waals surface area contributed by atoms with E-state index in [1.165, 1.54) is 88.8 Å². The highest BCUT2D eigenvalue weighted by molar-refractivity contribution is 5.98. The predicted octanol–water partition coefficient (Wildman–Crippen LogP) is 3.09. The standard InChI is InChI=1S/C22H30N2O6.C16H21N3O4/c1-8-9-14-29-16-12-10-15(11-13-16)18(25)23-17(19(26)28-7)22(5,6)24-20(27)30-21(2,3)4;1-4-5-10-23-12-8-6-11(7-9-12)14(20)18-13(15(21)19-22)16(2,3)17/h10-13,17H,14H2,1-7H3,(H,23,25)(H,24,27);6-9,13,22H,10,17H2,1-3H3,(H,18,20)(H,19,21)/t17-;13-/m11/s1/i14D2;10D2. The van der Waals surface area contributed by atoms with Crippen LogP contribution in [0.2, 0.25) is 0 Å². The van der Waals surface area contributed by atoms with Crippen LogP contribution in [-0.4, -0.2) is 84.0 Å². The second-order valence-electron chi connectivity index (χ2n) is 13.2. The maximum absolute atomic E-state index is 12.7. The Bertz CT molecular complexity index is 1850. The van der Waals surface area contributed by atoms with E-state index in [-0.39, 0.29) is 22.6 Å². The molecule has 0 aromatic heterocycles. The van der Waals surface area contributed by atoms with Crippen molar-refractivity contribution in [2.75, 3.05) is 20.2 Å². The average Bonchev–Trinajstić information content (AvgIpc) is 3.07. The number of esters is 1. The van der Waals surface area contributed by atoms with Crippen molar-refractivity contribution >= 4 is 29.8 Å². The zero-order chi connectivity index (χ0) is 44.0. The molecule has 0 saturated carbocycles. The number of amides is 4. The molecule has 0 bridgehead atoms. The summed E-state index contributed by atoms with van der Waals surface area (Å²) in [4.78, 5) is 61.2. The fraction of sp³-hybridized carbons (Fsp3) is 0.447. The molecule has 0 saturated heterocycles. The van der Waals surface area contributed by atoms with Gasteiger partial charge in [0.1, 0.15) is 42.3 Å². The molecule has 0 aliphatic heterocycles. The van der Waals surface area contributed by atoms with Crippen molar-refractivity contribution in [3.63, 3.8) is 0 Å². The fourth-order valence-electron chi connectivity index (χ4n) is 3.99. The van der Waals surface area contributed by atoms with Crippen LogP contribution in [0.4, 0.5) is 4.79 Å². The molecule has 0 unspecified atom stereocenters. The highest BCUT2D eigenvalue weighted by Gasteiger charge is 2.40. The van der Waals surface area contributed by atoms with Gasteiger partial charge in [0, 0.05) is 16.7 Å². The van der Waals surface area contributed by atoms with Gasteiger partial charge in [0.05, 0.1) is 18.1 Å². The third-order valence-corrected chi connectivity index (χ3v) is 6.57. The predicted molar refractivity (Wildman–Crippen MR) is 197 cm³/mol. The van der Waals surface area contributed by atoms with Crippen molar-refractivity contribution in [1.29, 1.82) is 0 Å². The molecule has 0 aliphatic carbocycles. The minimum Gasteiger partial charge on any atom is -0.481 e. The number of hydrogen-bond donors (Lipinski definition) is 6. The molecule has 2 atom stereocenters. The highest BCUT2D eigenvalue weighted by Crippen LogP contribution is 2.17. The Kier molecular flexibility index (Phi) is 15.2. The molecular formula is C38H51N5O10. The maximum atomic E-state index is 12.7. The second kappa shape index (κ2) is 20.9. The number of ether oxygens (including phenoxy) is 4. The van der Waals surface area contributed by atoms with Gasteiger partial charge in [-0.2, -0.15) is 0 Å². The topological polar surface area (TPSA) is 217 Å². The summed E-state index contributed by atoms with van der Waals surface area (Å²) < 4.78 is 50.6.